The van der Waals surface area contributed by atoms with Gasteiger partial charge >= 0.3 is 12.1 Å². The predicted molar refractivity (Wildman–Crippen MR) is 141 cm³/mol. The molecule has 3 rings (SSSR count). The van der Waals surface area contributed by atoms with E-state index in [4.69, 9.17) is 14.2 Å². The number of pyridine rings is 1. The first-order valence-corrected chi connectivity index (χ1v) is 12.1. The Bertz CT molecular complexity index is 1240. The maximum absolute atomic E-state index is 14.0. The molecule has 0 unspecified atom stereocenters. The largest absolute Gasteiger partial charge is 0.465 e. The Hall–Kier alpha value is -3.72. The van der Waals surface area contributed by atoms with Gasteiger partial charge in [-0.2, -0.15) is 0 Å². The molecule has 3 aromatic rings. The van der Waals surface area contributed by atoms with Gasteiger partial charge in [-0.05, 0) is 82.1 Å². The normalized spacial score (nSPS) is 11.3. The van der Waals surface area contributed by atoms with Gasteiger partial charge in [0.2, 0.25) is 0 Å². The number of benzene rings is 2. The van der Waals surface area contributed by atoms with Crippen LogP contribution in [-0.2, 0) is 14.2 Å². The fourth-order valence-electron chi connectivity index (χ4n) is 3.73. The van der Waals surface area contributed by atoms with Gasteiger partial charge in [-0.1, -0.05) is 0 Å². The van der Waals surface area contributed by atoms with Crippen molar-refractivity contribution in [3.63, 3.8) is 0 Å². The monoisotopic (exact) mass is 511 g/mol. The summed E-state index contributed by atoms with van der Waals surface area (Å²) in [6.45, 7) is 8.86. The quantitative estimate of drug-likeness (QED) is 0.282. The number of carbonyl (C=O) groups excluding carboxylic acids is 2. The molecule has 0 saturated carbocycles. The molecular weight excluding hydrogens is 477 g/mol. The Morgan fingerprint density at radius 3 is 2.57 bits per heavy atom. The van der Waals surface area contributed by atoms with E-state index in [0.29, 0.717) is 49.4 Å². The summed E-state index contributed by atoms with van der Waals surface area (Å²) in [5.41, 5.74) is 2.68. The van der Waals surface area contributed by atoms with Crippen molar-refractivity contribution in [2.45, 2.75) is 39.7 Å². The molecular formula is C28H34FN3O5. The van der Waals surface area contributed by atoms with Gasteiger partial charge in [-0.25, -0.2) is 14.0 Å². The molecule has 0 aliphatic heterocycles. The first kappa shape index (κ1) is 27.9. The van der Waals surface area contributed by atoms with Crippen LogP contribution in [0.3, 0.4) is 0 Å². The van der Waals surface area contributed by atoms with Crippen LogP contribution in [0.2, 0.25) is 0 Å². The molecule has 0 atom stereocenters. The smallest absolute Gasteiger partial charge is 0.407 e. The fraction of sp³-hybridized carbons (Fsp3) is 0.393. The molecule has 9 heteroatoms. The lowest BCUT2D eigenvalue weighted by Gasteiger charge is -2.27. The fourth-order valence-corrected chi connectivity index (χ4v) is 3.73. The van der Waals surface area contributed by atoms with Gasteiger partial charge in [-0.3, -0.25) is 4.98 Å². The van der Waals surface area contributed by atoms with Crippen LogP contribution in [0.25, 0.3) is 10.9 Å². The minimum Gasteiger partial charge on any atom is -0.465 e. The van der Waals surface area contributed by atoms with Crippen molar-refractivity contribution >= 4 is 34.3 Å². The van der Waals surface area contributed by atoms with Gasteiger partial charge in [0.05, 0.1) is 30.5 Å². The number of anilines is 2. The molecule has 1 amide bonds. The van der Waals surface area contributed by atoms with E-state index in [1.54, 1.807) is 43.5 Å². The summed E-state index contributed by atoms with van der Waals surface area (Å²) in [7, 11) is 1.34. The molecule has 37 heavy (non-hydrogen) atoms. The molecule has 2 aromatic carbocycles. The maximum Gasteiger partial charge on any atom is 0.407 e. The number of rotatable bonds is 10. The number of nitrogens with zero attached hydrogens (tertiary/aromatic N) is 2. The van der Waals surface area contributed by atoms with Crippen molar-refractivity contribution in [2.75, 3.05) is 38.3 Å². The zero-order chi connectivity index (χ0) is 27.0. The summed E-state index contributed by atoms with van der Waals surface area (Å²) in [5.74, 6) is -0.728. The zero-order valence-electron chi connectivity index (χ0n) is 22.0. The van der Waals surface area contributed by atoms with Crippen LogP contribution >= 0.6 is 0 Å². The van der Waals surface area contributed by atoms with E-state index >= 15 is 0 Å². The first-order valence-electron chi connectivity index (χ1n) is 12.1. The zero-order valence-corrected chi connectivity index (χ0v) is 22.0. The molecule has 1 N–H and O–H groups in total. The van der Waals surface area contributed by atoms with Crippen LogP contribution in [0.1, 0.15) is 43.1 Å². The number of halogens is 1. The predicted octanol–water partition coefficient (Wildman–Crippen LogP) is 5.54. The number of methoxy groups -OCH3 is 1. The van der Waals surface area contributed by atoms with Gasteiger partial charge in [0.1, 0.15) is 11.4 Å². The summed E-state index contributed by atoms with van der Waals surface area (Å²) in [5, 5.41) is 3.47. The Morgan fingerprint density at radius 1 is 1.08 bits per heavy atom. The highest BCUT2D eigenvalue weighted by Crippen LogP contribution is 2.33. The third kappa shape index (κ3) is 7.88. The topological polar surface area (TPSA) is 90.0 Å². The second kappa shape index (κ2) is 12.5. The molecule has 0 spiro atoms. The molecule has 0 aliphatic rings. The number of hydrogen-bond acceptors (Lipinski definition) is 7. The van der Waals surface area contributed by atoms with Gasteiger partial charge in [-0.15, -0.1) is 0 Å². The van der Waals surface area contributed by atoms with Crippen LogP contribution in [0.4, 0.5) is 20.6 Å². The highest BCUT2D eigenvalue weighted by Gasteiger charge is 2.17. The Kier molecular flexibility index (Phi) is 9.41. The number of hydrogen-bond donors (Lipinski definition) is 1. The second-order valence-corrected chi connectivity index (χ2v) is 9.53. The molecule has 1 aromatic heterocycles. The summed E-state index contributed by atoms with van der Waals surface area (Å²) < 4.78 is 30.0. The third-order valence-corrected chi connectivity index (χ3v) is 5.48. The average molecular weight is 512 g/mol. The number of nitrogens with one attached hydrogen (secondary N) is 1. The Morgan fingerprint density at radius 2 is 1.86 bits per heavy atom. The molecule has 8 nitrogen and oxygen atoms in total. The van der Waals surface area contributed by atoms with Crippen LogP contribution in [0.15, 0.2) is 48.7 Å². The number of ether oxygens (including phenoxy) is 3. The van der Waals surface area contributed by atoms with Crippen LogP contribution in [-0.4, -0.2) is 56.1 Å². The van der Waals surface area contributed by atoms with Crippen molar-refractivity contribution in [3.05, 3.63) is 65.6 Å². The molecule has 0 saturated heterocycles. The van der Waals surface area contributed by atoms with Gasteiger partial charge in [0.25, 0.3) is 0 Å². The second-order valence-electron chi connectivity index (χ2n) is 9.53. The van der Waals surface area contributed by atoms with Gasteiger partial charge < -0.3 is 24.4 Å². The van der Waals surface area contributed by atoms with E-state index in [1.165, 1.54) is 13.2 Å². The lowest BCUT2D eigenvalue weighted by atomic mass is 10.1. The average Bonchev–Trinajstić information content (AvgIpc) is 2.85. The van der Waals surface area contributed by atoms with E-state index in [1.807, 2.05) is 31.7 Å². The number of aromatic nitrogens is 1. The van der Waals surface area contributed by atoms with E-state index < -0.39 is 17.7 Å². The highest BCUT2D eigenvalue weighted by molar-refractivity contribution is 6.00. The summed E-state index contributed by atoms with van der Waals surface area (Å²) in [6, 6.07) is 12.0. The Labute approximate surface area is 216 Å². The third-order valence-electron chi connectivity index (χ3n) is 5.48. The van der Waals surface area contributed by atoms with Crippen LogP contribution < -0.4 is 10.2 Å². The molecule has 0 aliphatic carbocycles. The van der Waals surface area contributed by atoms with Crippen molar-refractivity contribution in [2.24, 2.45) is 0 Å². The summed E-state index contributed by atoms with van der Waals surface area (Å²) >= 11 is 0. The number of amides is 1. The number of fused-ring (bicyclic) bond motifs is 1. The van der Waals surface area contributed by atoms with E-state index in [0.717, 1.165) is 16.8 Å². The lowest BCUT2D eigenvalue weighted by molar-refractivity contribution is 0.0519. The van der Waals surface area contributed by atoms with Crippen molar-refractivity contribution in [3.8, 4) is 0 Å². The first-order chi connectivity index (χ1) is 17.6. The summed E-state index contributed by atoms with van der Waals surface area (Å²) in [4.78, 5) is 30.3. The van der Waals surface area contributed by atoms with Gasteiger partial charge in [0.15, 0.2) is 0 Å². The van der Waals surface area contributed by atoms with Crippen LogP contribution in [0, 0.1) is 12.7 Å². The molecule has 0 radical (unpaired) electrons. The van der Waals surface area contributed by atoms with Crippen molar-refractivity contribution in [1.82, 2.24) is 10.3 Å². The van der Waals surface area contributed by atoms with E-state index in [2.05, 4.69) is 10.3 Å². The molecule has 1 heterocycles. The van der Waals surface area contributed by atoms with Crippen LogP contribution in [0.5, 0.6) is 0 Å². The standard InChI is InChI=1S/C28H34FN3O5/c1-19-17-21(8-9-23(19)29)32(14-16-36-15-6-12-31-27(34)37-28(2,3)4)25-11-13-30-24-10-7-20(18-22(24)25)26(33)35-5/h7-11,13,17-18H,6,12,14-16H2,1-5H3,(H,31,34). The van der Waals surface area contributed by atoms with Crippen molar-refractivity contribution < 1.29 is 28.2 Å². The number of carbonyl (C=O) groups is 2. The molecule has 0 fully saturated rings. The SMILES string of the molecule is COC(=O)c1ccc2nccc(N(CCOCCCNC(=O)OC(C)(C)C)c3ccc(F)c(C)c3)c2c1. The Balaban J connectivity index is 1.73. The lowest BCUT2D eigenvalue weighted by Crippen LogP contribution is -2.33. The minimum atomic E-state index is -0.544. The number of aryl methyl sites for hydroxylation is 1. The molecule has 198 valence electrons. The van der Waals surface area contributed by atoms with Gasteiger partial charge in [0, 0.05) is 37.0 Å². The van der Waals surface area contributed by atoms with E-state index in [-0.39, 0.29) is 5.82 Å². The molecule has 0 bridgehead atoms. The highest BCUT2D eigenvalue weighted by atomic mass is 19.1. The van der Waals surface area contributed by atoms with Crippen molar-refractivity contribution in [1.29, 1.82) is 0 Å². The number of esters is 1. The summed E-state index contributed by atoms with van der Waals surface area (Å²) in [6.07, 6.45) is 1.86. The van der Waals surface area contributed by atoms with E-state index in [9.17, 15) is 14.0 Å². The maximum atomic E-state index is 14.0. The number of alkyl carbamates (subject to hydrolysis) is 1. The minimum absolute atomic E-state index is 0.287.